The highest BCUT2D eigenvalue weighted by molar-refractivity contribution is 6.35. The Morgan fingerprint density at radius 1 is 1.00 bits per heavy atom. The van der Waals surface area contributed by atoms with E-state index in [1.54, 1.807) is 35.0 Å². The molecule has 1 aliphatic carbocycles. The molecule has 2 heterocycles. The monoisotopic (exact) mass is 513 g/mol. The fraction of sp³-hybridized carbons (Fsp3) is 0.360. The molecule has 35 heavy (non-hydrogen) atoms. The summed E-state index contributed by atoms with van der Waals surface area (Å²) < 4.78 is 1.68. The molecule has 1 aliphatic heterocycles. The number of carbonyl (C=O) groups excluding carboxylic acids is 1. The fourth-order valence-corrected chi connectivity index (χ4v) is 5.43. The van der Waals surface area contributed by atoms with Crippen molar-refractivity contribution in [2.24, 2.45) is 0 Å². The van der Waals surface area contributed by atoms with Gasteiger partial charge in [-0.2, -0.15) is 5.10 Å². The van der Waals surface area contributed by atoms with Crippen molar-refractivity contribution in [2.75, 3.05) is 13.1 Å². The molecule has 0 spiro atoms. The third-order valence-electron chi connectivity index (χ3n) is 6.63. The third kappa shape index (κ3) is 4.78. The molecule has 0 radical (unpaired) electrons. The molecular weight excluding hydrogens is 489 g/mol. The molecule has 0 bridgehead atoms. The standard InChI is InChI=1S/C25H25Cl2N5O3/c26-17-8-11-22(21(27)15-17)31-24-19-10-9-18(32(34)35)14-16(19)6-5-7-20(24)23(28-31)25(33)29-30-12-3-1-2-4-13-30/h8-11,14-15H,1-7,12-13H2,(H,29,33). The van der Waals surface area contributed by atoms with Crippen molar-refractivity contribution in [3.63, 3.8) is 0 Å². The fourth-order valence-electron chi connectivity index (χ4n) is 4.94. The number of hydrogen-bond acceptors (Lipinski definition) is 5. The third-order valence-corrected chi connectivity index (χ3v) is 7.17. The molecule has 2 aliphatic rings. The van der Waals surface area contributed by atoms with Crippen LogP contribution in [-0.2, 0) is 12.8 Å². The van der Waals surface area contributed by atoms with Crippen LogP contribution in [0.3, 0.4) is 0 Å². The molecule has 1 N–H and O–H groups in total. The minimum Gasteiger partial charge on any atom is -0.283 e. The van der Waals surface area contributed by atoms with Crippen molar-refractivity contribution in [2.45, 2.75) is 44.9 Å². The number of nitro benzene ring substituents is 1. The predicted octanol–water partition coefficient (Wildman–Crippen LogP) is 5.76. The molecule has 1 aromatic heterocycles. The first-order valence-electron chi connectivity index (χ1n) is 11.8. The van der Waals surface area contributed by atoms with Crippen molar-refractivity contribution < 1.29 is 9.72 Å². The quantitative estimate of drug-likeness (QED) is 0.353. The lowest BCUT2D eigenvalue weighted by Gasteiger charge is -2.20. The van der Waals surface area contributed by atoms with Crippen LogP contribution in [0.25, 0.3) is 16.9 Å². The number of hydrogen-bond donors (Lipinski definition) is 1. The molecule has 182 valence electrons. The van der Waals surface area contributed by atoms with E-state index in [4.69, 9.17) is 28.3 Å². The van der Waals surface area contributed by atoms with E-state index < -0.39 is 0 Å². The lowest BCUT2D eigenvalue weighted by Crippen LogP contribution is -2.43. The van der Waals surface area contributed by atoms with E-state index in [-0.39, 0.29) is 16.5 Å². The Morgan fingerprint density at radius 3 is 2.49 bits per heavy atom. The van der Waals surface area contributed by atoms with Gasteiger partial charge in [0.05, 0.1) is 21.3 Å². The van der Waals surface area contributed by atoms with Gasteiger partial charge in [-0.3, -0.25) is 20.3 Å². The molecule has 10 heteroatoms. The number of carbonyl (C=O) groups is 1. The zero-order chi connectivity index (χ0) is 24.5. The van der Waals surface area contributed by atoms with Gasteiger partial charge in [0.15, 0.2) is 5.69 Å². The van der Waals surface area contributed by atoms with E-state index in [1.165, 1.54) is 6.07 Å². The number of aryl methyl sites for hydroxylation is 1. The molecule has 1 fully saturated rings. The normalized spacial score (nSPS) is 16.1. The minimum absolute atomic E-state index is 0.0434. The summed E-state index contributed by atoms with van der Waals surface area (Å²) in [4.78, 5) is 24.5. The second-order valence-electron chi connectivity index (χ2n) is 8.98. The smallest absolute Gasteiger partial charge is 0.283 e. The number of amides is 1. The van der Waals surface area contributed by atoms with E-state index in [1.807, 2.05) is 5.01 Å². The Labute approximate surface area is 212 Å². The number of rotatable bonds is 4. The number of nitrogens with zero attached hydrogens (tertiary/aromatic N) is 4. The maximum Gasteiger partial charge on any atom is 0.286 e. The van der Waals surface area contributed by atoms with Gasteiger partial charge in [-0.25, -0.2) is 9.69 Å². The average molecular weight is 514 g/mol. The van der Waals surface area contributed by atoms with E-state index >= 15 is 0 Å². The molecular formula is C25H25Cl2N5O3. The number of non-ortho nitro benzene ring substituents is 1. The number of hydrazine groups is 1. The van der Waals surface area contributed by atoms with Crippen LogP contribution >= 0.6 is 23.2 Å². The van der Waals surface area contributed by atoms with Crippen LogP contribution in [-0.4, -0.2) is 38.7 Å². The van der Waals surface area contributed by atoms with Crippen LogP contribution in [0.15, 0.2) is 36.4 Å². The Kier molecular flexibility index (Phi) is 6.77. The molecule has 5 rings (SSSR count). The summed E-state index contributed by atoms with van der Waals surface area (Å²) in [6.45, 7) is 1.62. The maximum atomic E-state index is 13.5. The van der Waals surface area contributed by atoms with Gasteiger partial charge in [-0.1, -0.05) is 36.0 Å². The summed E-state index contributed by atoms with van der Waals surface area (Å²) in [6, 6.07) is 9.98. The van der Waals surface area contributed by atoms with Crippen molar-refractivity contribution in [1.82, 2.24) is 20.2 Å². The summed E-state index contributed by atoms with van der Waals surface area (Å²) in [5.74, 6) is -0.252. The maximum absolute atomic E-state index is 13.5. The molecule has 0 atom stereocenters. The molecule has 1 saturated heterocycles. The summed E-state index contributed by atoms with van der Waals surface area (Å²) >= 11 is 12.7. The van der Waals surface area contributed by atoms with Crippen LogP contribution in [0, 0.1) is 10.1 Å². The largest absolute Gasteiger partial charge is 0.286 e. The SMILES string of the molecule is O=C(NN1CCCCCC1)c1nn(-c2ccc(Cl)cc2Cl)c2c1CCCc1cc([N+](=O)[O-])ccc1-2. The zero-order valence-electron chi connectivity index (χ0n) is 19.1. The molecule has 3 aromatic rings. The second kappa shape index (κ2) is 9.97. The van der Waals surface area contributed by atoms with Crippen molar-refractivity contribution in [1.29, 1.82) is 0 Å². The minimum atomic E-state index is -0.389. The van der Waals surface area contributed by atoms with Crippen LogP contribution in [0.1, 0.15) is 53.7 Å². The van der Waals surface area contributed by atoms with Gasteiger partial charge < -0.3 is 0 Å². The Hall–Kier alpha value is -2.94. The van der Waals surface area contributed by atoms with Gasteiger partial charge >= 0.3 is 0 Å². The molecule has 2 aromatic carbocycles. The van der Waals surface area contributed by atoms with Crippen LogP contribution in [0.5, 0.6) is 0 Å². The average Bonchev–Trinajstić information content (AvgIpc) is 2.96. The lowest BCUT2D eigenvalue weighted by atomic mass is 10.0. The van der Waals surface area contributed by atoms with Crippen molar-refractivity contribution in [3.05, 3.63) is 73.4 Å². The van der Waals surface area contributed by atoms with Gasteiger partial charge in [-0.05, 0) is 61.9 Å². The summed E-state index contributed by atoms with van der Waals surface area (Å²) in [7, 11) is 0. The summed E-state index contributed by atoms with van der Waals surface area (Å²) in [5.41, 5.74) is 7.25. The van der Waals surface area contributed by atoms with E-state index in [2.05, 4.69) is 5.43 Å². The van der Waals surface area contributed by atoms with Gasteiger partial charge in [-0.15, -0.1) is 0 Å². The summed E-state index contributed by atoms with van der Waals surface area (Å²) in [6.07, 6.45) is 6.42. The number of nitrogens with one attached hydrogen (secondary N) is 1. The Morgan fingerprint density at radius 2 is 1.77 bits per heavy atom. The lowest BCUT2D eigenvalue weighted by molar-refractivity contribution is -0.384. The molecule has 0 unspecified atom stereocenters. The highest BCUT2D eigenvalue weighted by atomic mass is 35.5. The first-order valence-corrected chi connectivity index (χ1v) is 12.6. The van der Waals surface area contributed by atoms with Crippen molar-refractivity contribution >= 4 is 34.8 Å². The summed E-state index contributed by atoms with van der Waals surface area (Å²) in [5, 5.41) is 19.0. The predicted molar refractivity (Wildman–Crippen MR) is 135 cm³/mol. The molecule has 1 amide bonds. The van der Waals surface area contributed by atoms with Crippen molar-refractivity contribution in [3.8, 4) is 16.9 Å². The second-order valence-corrected chi connectivity index (χ2v) is 9.82. The van der Waals surface area contributed by atoms with E-state index in [0.717, 1.165) is 67.6 Å². The van der Waals surface area contributed by atoms with E-state index in [9.17, 15) is 14.9 Å². The van der Waals surface area contributed by atoms with Gasteiger partial charge in [0.2, 0.25) is 0 Å². The Balaban J connectivity index is 1.65. The van der Waals surface area contributed by atoms with Gasteiger partial charge in [0, 0.05) is 41.4 Å². The first-order chi connectivity index (χ1) is 16.9. The van der Waals surface area contributed by atoms with Gasteiger partial charge in [0.25, 0.3) is 11.6 Å². The van der Waals surface area contributed by atoms with E-state index in [0.29, 0.717) is 34.3 Å². The Bertz CT molecular complexity index is 1300. The van der Waals surface area contributed by atoms with Crippen LogP contribution in [0.4, 0.5) is 5.69 Å². The van der Waals surface area contributed by atoms with Crippen LogP contribution in [0.2, 0.25) is 10.0 Å². The highest BCUT2D eigenvalue weighted by Crippen LogP contribution is 2.39. The number of fused-ring (bicyclic) bond motifs is 3. The zero-order valence-corrected chi connectivity index (χ0v) is 20.6. The van der Waals surface area contributed by atoms with Crippen LogP contribution < -0.4 is 5.43 Å². The highest BCUT2D eigenvalue weighted by Gasteiger charge is 2.30. The molecule has 0 saturated carbocycles. The number of aromatic nitrogens is 2. The topological polar surface area (TPSA) is 93.3 Å². The number of nitro groups is 1. The molecule has 8 nitrogen and oxygen atoms in total. The number of halogens is 2. The first kappa shape index (κ1) is 23.8. The van der Waals surface area contributed by atoms with Gasteiger partial charge in [0.1, 0.15) is 0 Å². The number of benzene rings is 2.